The van der Waals surface area contributed by atoms with Gasteiger partial charge in [-0.05, 0) is 42.8 Å². The number of halogens is 2. The minimum Gasteiger partial charge on any atom is -0.392 e. The Bertz CT molecular complexity index is 915. The SMILES string of the molecule is C[C@@H](O)CNC(=O)C1CC(c2ccc(Cl)cc2)=NN(c2cccc(F)c2)C1=O. The van der Waals surface area contributed by atoms with E-state index in [1.807, 2.05) is 0 Å². The van der Waals surface area contributed by atoms with Crippen molar-refractivity contribution in [1.29, 1.82) is 0 Å². The monoisotopic (exact) mass is 403 g/mol. The normalized spacial score (nSPS) is 17.9. The largest absolute Gasteiger partial charge is 0.392 e. The smallest absolute Gasteiger partial charge is 0.260 e. The number of aliphatic hydroxyl groups is 1. The minimum absolute atomic E-state index is 0.0238. The summed E-state index contributed by atoms with van der Waals surface area (Å²) in [5, 5.41) is 17.9. The number of carbonyl (C=O) groups is 2. The van der Waals surface area contributed by atoms with Crippen molar-refractivity contribution in [2.75, 3.05) is 11.6 Å². The van der Waals surface area contributed by atoms with Crippen molar-refractivity contribution >= 4 is 34.8 Å². The van der Waals surface area contributed by atoms with Crippen molar-refractivity contribution in [2.45, 2.75) is 19.4 Å². The Morgan fingerprint density at radius 2 is 2.07 bits per heavy atom. The molecule has 2 N–H and O–H groups in total. The second kappa shape index (κ2) is 8.50. The number of benzene rings is 2. The molecule has 0 aromatic heterocycles. The Balaban J connectivity index is 1.98. The van der Waals surface area contributed by atoms with Gasteiger partial charge in [0.25, 0.3) is 5.91 Å². The molecule has 0 aliphatic carbocycles. The maximum Gasteiger partial charge on any atom is 0.260 e. The van der Waals surface area contributed by atoms with Crippen LogP contribution in [0, 0.1) is 11.7 Å². The molecule has 2 amide bonds. The van der Waals surface area contributed by atoms with Crippen LogP contribution in [0.1, 0.15) is 18.9 Å². The van der Waals surface area contributed by atoms with E-state index in [9.17, 15) is 19.1 Å². The van der Waals surface area contributed by atoms with Gasteiger partial charge in [0.2, 0.25) is 5.91 Å². The summed E-state index contributed by atoms with van der Waals surface area (Å²) < 4.78 is 13.7. The Hall–Kier alpha value is -2.77. The number of hydrazone groups is 1. The molecule has 2 atom stereocenters. The molecule has 1 aliphatic heterocycles. The van der Waals surface area contributed by atoms with Gasteiger partial charge >= 0.3 is 0 Å². The third-order valence-corrected chi connectivity index (χ3v) is 4.50. The van der Waals surface area contributed by atoms with Crippen LogP contribution in [0.4, 0.5) is 10.1 Å². The molecular formula is C20H19ClFN3O3. The van der Waals surface area contributed by atoms with E-state index in [4.69, 9.17) is 11.6 Å². The molecule has 1 unspecified atom stereocenters. The molecule has 0 saturated carbocycles. The van der Waals surface area contributed by atoms with Gasteiger partial charge in [0.05, 0.1) is 17.5 Å². The highest BCUT2D eigenvalue weighted by Gasteiger charge is 2.37. The second-order valence-electron chi connectivity index (χ2n) is 6.53. The van der Waals surface area contributed by atoms with Crippen molar-refractivity contribution in [1.82, 2.24) is 5.32 Å². The summed E-state index contributed by atoms with van der Waals surface area (Å²) in [6.45, 7) is 1.55. The van der Waals surface area contributed by atoms with Crippen molar-refractivity contribution in [3.63, 3.8) is 0 Å². The molecule has 2 aromatic rings. The Morgan fingerprint density at radius 1 is 1.36 bits per heavy atom. The summed E-state index contributed by atoms with van der Waals surface area (Å²) in [6, 6.07) is 12.3. The highest BCUT2D eigenvalue weighted by atomic mass is 35.5. The van der Waals surface area contributed by atoms with E-state index in [0.717, 1.165) is 5.01 Å². The standard InChI is InChI=1S/C20H19ClFN3O3/c1-12(26)11-23-19(27)17-10-18(13-5-7-14(21)8-6-13)24-25(20(17)28)16-4-2-3-15(22)9-16/h2-9,12,17,26H,10-11H2,1H3,(H,23,27)/t12-,17?/m1/s1. The Labute approximate surface area is 166 Å². The number of nitrogens with one attached hydrogen (secondary N) is 1. The molecule has 146 valence electrons. The number of anilines is 1. The van der Waals surface area contributed by atoms with Crippen molar-refractivity contribution in [2.24, 2.45) is 11.0 Å². The Morgan fingerprint density at radius 3 is 2.71 bits per heavy atom. The number of aliphatic hydroxyl groups excluding tert-OH is 1. The second-order valence-corrected chi connectivity index (χ2v) is 6.97. The quantitative estimate of drug-likeness (QED) is 0.753. The zero-order chi connectivity index (χ0) is 20.3. The summed E-state index contributed by atoms with van der Waals surface area (Å²) in [4.78, 5) is 25.5. The van der Waals surface area contributed by atoms with Crippen LogP contribution in [0.5, 0.6) is 0 Å². The van der Waals surface area contributed by atoms with Crippen molar-refractivity contribution in [3.05, 3.63) is 64.9 Å². The molecule has 3 rings (SSSR count). The average molecular weight is 404 g/mol. The van der Waals surface area contributed by atoms with Gasteiger partial charge in [-0.2, -0.15) is 10.1 Å². The number of nitrogens with zero attached hydrogens (tertiary/aromatic N) is 2. The fourth-order valence-electron chi connectivity index (χ4n) is 2.83. The summed E-state index contributed by atoms with van der Waals surface area (Å²) >= 11 is 5.93. The zero-order valence-electron chi connectivity index (χ0n) is 15.1. The molecule has 0 bridgehead atoms. The van der Waals surface area contributed by atoms with Gasteiger partial charge in [0, 0.05) is 18.0 Å². The average Bonchev–Trinajstić information content (AvgIpc) is 2.67. The summed E-state index contributed by atoms with van der Waals surface area (Å²) in [5.74, 6) is -2.65. The first kappa shape index (κ1) is 20.0. The number of carbonyl (C=O) groups excluding carboxylic acids is 2. The Kier molecular flexibility index (Phi) is 6.06. The van der Waals surface area contributed by atoms with Crippen LogP contribution in [0.3, 0.4) is 0 Å². The molecule has 0 spiro atoms. The maximum absolute atomic E-state index is 13.7. The highest BCUT2D eigenvalue weighted by Crippen LogP contribution is 2.27. The van der Waals surface area contributed by atoms with Gasteiger partial charge < -0.3 is 10.4 Å². The first-order valence-electron chi connectivity index (χ1n) is 8.74. The topological polar surface area (TPSA) is 82.0 Å². The molecule has 6 nitrogen and oxygen atoms in total. The maximum atomic E-state index is 13.7. The molecule has 1 heterocycles. The van der Waals surface area contributed by atoms with Crippen LogP contribution in [-0.4, -0.2) is 35.3 Å². The lowest BCUT2D eigenvalue weighted by molar-refractivity contribution is -0.134. The predicted molar refractivity (Wildman–Crippen MR) is 105 cm³/mol. The van der Waals surface area contributed by atoms with E-state index >= 15 is 0 Å². The number of hydrogen-bond donors (Lipinski definition) is 2. The molecule has 0 saturated heterocycles. The lowest BCUT2D eigenvalue weighted by Crippen LogP contribution is -2.47. The number of amides is 2. The van der Waals surface area contributed by atoms with Gasteiger partial charge in [-0.1, -0.05) is 29.8 Å². The van der Waals surface area contributed by atoms with Crippen LogP contribution in [-0.2, 0) is 9.59 Å². The summed E-state index contributed by atoms with van der Waals surface area (Å²) in [6.07, 6.45) is -0.663. The van der Waals surface area contributed by atoms with E-state index in [-0.39, 0.29) is 18.7 Å². The molecule has 8 heteroatoms. The minimum atomic E-state index is -1.05. The first-order chi connectivity index (χ1) is 13.3. The molecular weight excluding hydrogens is 385 g/mol. The number of rotatable bonds is 5. The van der Waals surface area contributed by atoms with Gasteiger partial charge in [-0.15, -0.1) is 0 Å². The van der Waals surface area contributed by atoms with Gasteiger partial charge in [-0.3, -0.25) is 9.59 Å². The zero-order valence-corrected chi connectivity index (χ0v) is 15.9. The third-order valence-electron chi connectivity index (χ3n) is 4.24. The number of hydrogen-bond acceptors (Lipinski definition) is 4. The van der Waals surface area contributed by atoms with Crippen molar-refractivity contribution < 1.29 is 19.1 Å². The van der Waals surface area contributed by atoms with E-state index in [1.165, 1.54) is 25.1 Å². The lowest BCUT2D eigenvalue weighted by Gasteiger charge is -2.29. The van der Waals surface area contributed by atoms with Gasteiger partial charge in [0.1, 0.15) is 11.7 Å². The third kappa shape index (κ3) is 4.55. The van der Waals surface area contributed by atoms with Crippen LogP contribution in [0.15, 0.2) is 53.6 Å². The van der Waals surface area contributed by atoms with Crippen LogP contribution >= 0.6 is 11.6 Å². The van der Waals surface area contributed by atoms with E-state index in [2.05, 4.69) is 10.4 Å². The molecule has 1 aliphatic rings. The fourth-order valence-corrected chi connectivity index (χ4v) is 2.95. The fraction of sp³-hybridized carbons (Fsp3) is 0.250. The van der Waals surface area contributed by atoms with Crippen LogP contribution in [0.2, 0.25) is 5.02 Å². The highest BCUT2D eigenvalue weighted by molar-refractivity contribution is 6.30. The first-order valence-corrected chi connectivity index (χ1v) is 9.11. The summed E-state index contributed by atoms with van der Waals surface area (Å²) in [7, 11) is 0. The van der Waals surface area contributed by atoms with E-state index in [0.29, 0.717) is 16.3 Å². The molecule has 0 fully saturated rings. The van der Waals surface area contributed by atoms with Crippen LogP contribution in [0.25, 0.3) is 0 Å². The molecule has 28 heavy (non-hydrogen) atoms. The lowest BCUT2D eigenvalue weighted by atomic mass is 9.94. The molecule has 2 aromatic carbocycles. The van der Waals surface area contributed by atoms with E-state index < -0.39 is 29.7 Å². The van der Waals surface area contributed by atoms with Crippen molar-refractivity contribution in [3.8, 4) is 0 Å². The van der Waals surface area contributed by atoms with Gasteiger partial charge in [-0.25, -0.2) is 4.39 Å². The van der Waals surface area contributed by atoms with Crippen LogP contribution < -0.4 is 10.3 Å². The molecule has 0 radical (unpaired) electrons. The van der Waals surface area contributed by atoms with Gasteiger partial charge in [0.15, 0.2) is 0 Å². The summed E-state index contributed by atoms with van der Waals surface area (Å²) in [5.41, 5.74) is 1.42. The van der Waals surface area contributed by atoms with E-state index in [1.54, 1.807) is 30.3 Å². The predicted octanol–water partition coefficient (Wildman–Crippen LogP) is 2.73.